The number of carbonyl (C=O) groups is 1. The van der Waals surface area contributed by atoms with E-state index in [1.807, 2.05) is 9.47 Å². The summed E-state index contributed by atoms with van der Waals surface area (Å²) in [5.74, 6) is -0.231. The molecule has 2 unspecified atom stereocenters. The Hall–Kier alpha value is 0.330. The Morgan fingerprint density at radius 1 is 1.83 bits per heavy atom. The summed E-state index contributed by atoms with van der Waals surface area (Å²) >= 11 is 0. The van der Waals surface area contributed by atoms with Gasteiger partial charge >= 0.3 is 5.97 Å². The Morgan fingerprint density at radius 3 is 2.33 bits per heavy atom. The Balaban J connectivity index is 2.99. The van der Waals surface area contributed by atoms with Gasteiger partial charge in [0.25, 0.3) is 0 Å². The van der Waals surface area contributed by atoms with E-state index in [4.69, 9.17) is 0 Å². The molecule has 0 aliphatic heterocycles. The molecule has 0 radical (unpaired) electrons. The van der Waals surface area contributed by atoms with Gasteiger partial charge in [-0.1, -0.05) is 0 Å². The highest BCUT2D eigenvalue weighted by Crippen LogP contribution is 1.89. The average molecular weight is 124 g/mol. The van der Waals surface area contributed by atoms with E-state index >= 15 is 0 Å². The third-order valence-electron chi connectivity index (χ3n) is 0.298. The number of rotatable bonds is 1. The zero-order valence-corrected chi connectivity index (χ0v) is 5.49. The van der Waals surface area contributed by atoms with Crippen molar-refractivity contribution in [1.29, 1.82) is 0 Å². The fraction of sp³-hybridized carbons (Fsp3) is 0.500. The van der Waals surface area contributed by atoms with Gasteiger partial charge in [-0.15, -0.1) is 9.24 Å². The predicted octanol–water partition coefficient (Wildman–Crippen LogP) is 0.195. The Kier molecular flexibility index (Phi) is 3.71. The molecule has 0 aliphatic carbocycles. The van der Waals surface area contributed by atoms with Crippen molar-refractivity contribution in [1.82, 2.24) is 0 Å². The molecule has 2 nitrogen and oxygen atoms in total. The third kappa shape index (κ3) is 2.56. The van der Waals surface area contributed by atoms with Gasteiger partial charge in [0.1, 0.15) is 0 Å². The summed E-state index contributed by atoms with van der Waals surface area (Å²) in [5.41, 5.74) is 0. The largest absolute Gasteiger partial charge is 0.451 e. The molecule has 2 atom stereocenters. The lowest BCUT2D eigenvalue weighted by Crippen LogP contribution is -1.94. The van der Waals surface area contributed by atoms with Gasteiger partial charge < -0.3 is 4.52 Å². The lowest BCUT2D eigenvalue weighted by Gasteiger charge is -1.86. The molecule has 0 N–H and O–H groups in total. The molecular weight excluding hydrogens is 118 g/mol. The number of carbonyl (C=O) groups excluding carboxylic acids is 1. The second kappa shape index (κ2) is 3.52. The van der Waals surface area contributed by atoms with Gasteiger partial charge in [-0.05, 0) is 0 Å². The van der Waals surface area contributed by atoms with Crippen molar-refractivity contribution < 1.29 is 9.32 Å². The van der Waals surface area contributed by atoms with Crippen LogP contribution in [0.1, 0.15) is 0 Å². The Morgan fingerprint density at radius 2 is 2.33 bits per heavy atom. The van der Waals surface area contributed by atoms with Crippen molar-refractivity contribution in [2.75, 3.05) is 6.16 Å². The molecule has 0 fully saturated rings. The first kappa shape index (κ1) is 6.33. The molecule has 0 heterocycles. The van der Waals surface area contributed by atoms with Crippen LogP contribution in [-0.2, 0) is 9.32 Å². The summed E-state index contributed by atoms with van der Waals surface area (Å²) in [6.45, 7) is 0. The number of hydrogen-bond donors (Lipinski definition) is 0. The van der Waals surface area contributed by atoms with Gasteiger partial charge in [-0.2, -0.15) is 0 Å². The van der Waals surface area contributed by atoms with Gasteiger partial charge in [0.2, 0.25) is 0 Å². The maximum absolute atomic E-state index is 9.92. The van der Waals surface area contributed by atoms with Gasteiger partial charge in [0.05, 0.1) is 15.6 Å². The van der Waals surface area contributed by atoms with E-state index in [2.05, 4.69) is 13.8 Å². The van der Waals surface area contributed by atoms with Crippen LogP contribution in [0.2, 0.25) is 0 Å². The van der Waals surface area contributed by atoms with E-state index in [0.29, 0.717) is 6.16 Å². The molecule has 0 aromatic rings. The smallest absolute Gasteiger partial charge is 0.311 e. The molecule has 4 heteroatoms. The van der Waals surface area contributed by atoms with Crippen LogP contribution in [0.3, 0.4) is 0 Å². The maximum Gasteiger partial charge on any atom is 0.311 e. The molecule has 0 bridgehead atoms. The fourth-order valence-electron chi connectivity index (χ4n) is 0.0481. The minimum Gasteiger partial charge on any atom is -0.451 e. The summed E-state index contributed by atoms with van der Waals surface area (Å²) in [6, 6.07) is 0. The van der Waals surface area contributed by atoms with E-state index < -0.39 is 0 Å². The monoisotopic (exact) mass is 124 g/mol. The molecule has 0 saturated heterocycles. The molecular formula is C2H6O2P2. The first-order chi connectivity index (χ1) is 2.81. The van der Waals surface area contributed by atoms with Gasteiger partial charge in [-0.25, -0.2) is 0 Å². The molecule has 0 amide bonds. The van der Waals surface area contributed by atoms with Crippen LogP contribution in [0.15, 0.2) is 0 Å². The minimum atomic E-state index is -0.231. The van der Waals surface area contributed by atoms with Crippen LogP contribution in [0.5, 0.6) is 0 Å². The van der Waals surface area contributed by atoms with Gasteiger partial charge in [0.15, 0.2) is 0 Å². The summed E-state index contributed by atoms with van der Waals surface area (Å²) < 4.78 is 4.16. The highest BCUT2D eigenvalue weighted by molar-refractivity contribution is 7.18. The molecule has 0 rings (SSSR count). The standard InChI is InChI=1S/C2H6O2P2/c3-2(1-5)4-6/h1,5-6H2. The maximum atomic E-state index is 9.92. The topological polar surface area (TPSA) is 26.3 Å². The molecule has 0 aromatic heterocycles. The second-order valence-corrected chi connectivity index (χ2v) is 1.34. The average Bonchev–Trinajstić information content (AvgIpc) is 1.65. The van der Waals surface area contributed by atoms with E-state index in [-0.39, 0.29) is 5.97 Å². The van der Waals surface area contributed by atoms with Crippen LogP contribution in [0.4, 0.5) is 0 Å². The summed E-state index contributed by atoms with van der Waals surface area (Å²) in [6.07, 6.45) is 0.365. The lowest BCUT2D eigenvalue weighted by atomic mass is 10.8. The van der Waals surface area contributed by atoms with E-state index in [1.54, 1.807) is 0 Å². The van der Waals surface area contributed by atoms with E-state index in [1.165, 1.54) is 0 Å². The van der Waals surface area contributed by atoms with Crippen molar-refractivity contribution in [2.45, 2.75) is 0 Å². The van der Waals surface area contributed by atoms with Crippen LogP contribution >= 0.6 is 18.7 Å². The number of hydrogen-bond acceptors (Lipinski definition) is 2. The minimum absolute atomic E-state index is 0.231. The molecule has 0 aromatic carbocycles. The van der Waals surface area contributed by atoms with Gasteiger partial charge in [-0.3, -0.25) is 4.79 Å². The van der Waals surface area contributed by atoms with Crippen molar-refractivity contribution in [3.63, 3.8) is 0 Å². The van der Waals surface area contributed by atoms with Crippen molar-refractivity contribution in [3.05, 3.63) is 0 Å². The third-order valence-corrected chi connectivity index (χ3v) is 0.894. The van der Waals surface area contributed by atoms with Crippen LogP contribution in [0, 0.1) is 0 Å². The molecule has 0 saturated carbocycles. The zero-order valence-electron chi connectivity index (χ0n) is 3.18. The predicted molar refractivity (Wildman–Crippen MR) is 30.4 cm³/mol. The lowest BCUT2D eigenvalue weighted by molar-refractivity contribution is -0.130. The van der Waals surface area contributed by atoms with Gasteiger partial charge in [0, 0.05) is 0 Å². The Bertz CT molecular complexity index is 47.5. The molecule has 0 aliphatic rings. The summed E-state index contributed by atoms with van der Waals surface area (Å²) in [4.78, 5) is 9.92. The van der Waals surface area contributed by atoms with Crippen molar-refractivity contribution in [2.24, 2.45) is 0 Å². The van der Waals surface area contributed by atoms with Crippen LogP contribution < -0.4 is 0 Å². The Labute approximate surface area is 41.1 Å². The first-order valence-electron chi connectivity index (χ1n) is 1.41. The van der Waals surface area contributed by atoms with Crippen molar-refractivity contribution >= 4 is 24.7 Å². The zero-order chi connectivity index (χ0) is 4.99. The van der Waals surface area contributed by atoms with Crippen LogP contribution in [0.25, 0.3) is 0 Å². The molecule has 0 spiro atoms. The first-order valence-corrected chi connectivity index (χ1v) is 2.69. The van der Waals surface area contributed by atoms with E-state index in [9.17, 15) is 4.79 Å². The highest BCUT2D eigenvalue weighted by Gasteiger charge is 1.88. The fourth-order valence-corrected chi connectivity index (χ4v) is 0.433. The molecule has 6 heavy (non-hydrogen) atoms. The van der Waals surface area contributed by atoms with E-state index in [0.717, 1.165) is 0 Å². The SMILES string of the molecule is O=C(CP)OP. The second-order valence-electron chi connectivity index (χ2n) is 0.694. The normalized spacial score (nSPS) is 7.67. The highest BCUT2D eigenvalue weighted by atomic mass is 31.0. The quantitative estimate of drug-likeness (QED) is 0.466. The van der Waals surface area contributed by atoms with Crippen LogP contribution in [-0.4, -0.2) is 12.1 Å². The summed E-state index contributed by atoms with van der Waals surface area (Å²) in [5, 5.41) is 0. The molecule has 36 valence electrons. The summed E-state index contributed by atoms with van der Waals surface area (Å²) in [7, 11) is 4.13. The van der Waals surface area contributed by atoms with Crippen molar-refractivity contribution in [3.8, 4) is 0 Å².